The van der Waals surface area contributed by atoms with Crippen molar-refractivity contribution < 1.29 is 0 Å². The molecule has 1 unspecified atom stereocenters. The zero-order valence-corrected chi connectivity index (χ0v) is 12.1. The minimum Gasteiger partial charge on any atom is -0.322 e. The molecule has 4 heteroatoms. The Bertz CT molecular complexity index is 556. The van der Waals surface area contributed by atoms with Crippen LogP contribution in [-0.4, -0.2) is 9.97 Å². The fraction of sp³-hybridized carbons (Fsp3) is 0.750. The minimum absolute atomic E-state index is 0.0723. The molecular weight excluding hydrogens is 250 g/mol. The Morgan fingerprint density at radius 2 is 1.80 bits per heavy atom. The number of rotatable bonds is 2. The van der Waals surface area contributed by atoms with Gasteiger partial charge in [-0.2, -0.15) is 0 Å². The van der Waals surface area contributed by atoms with Gasteiger partial charge in [0.1, 0.15) is 5.82 Å². The van der Waals surface area contributed by atoms with Crippen LogP contribution in [-0.2, 0) is 0 Å². The van der Waals surface area contributed by atoms with Crippen LogP contribution < -0.4 is 11.3 Å². The van der Waals surface area contributed by atoms with E-state index in [1.807, 2.05) is 6.92 Å². The molecule has 0 spiro atoms. The maximum atomic E-state index is 11.7. The van der Waals surface area contributed by atoms with Gasteiger partial charge < -0.3 is 10.7 Å². The molecule has 108 valence electrons. The monoisotopic (exact) mass is 273 g/mol. The summed E-state index contributed by atoms with van der Waals surface area (Å²) < 4.78 is 0. The molecular formula is C16H23N3O. The molecule has 4 aliphatic rings. The first-order valence-corrected chi connectivity index (χ1v) is 7.87. The second kappa shape index (κ2) is 4.17. The fourth-order valence-corrected chi connectivity index (χ4v) is 5.63. The molecule has 4 fully saturated rings. The summed E-state index contributed by atoms with van der Waals surface area (Å²) in [7, 11) is 0. The molecule has 0 aromatic carbocycles. The van der Waals surface area contributed by atoms with Gasteiger partial charge in [0, 0.05) is 6.07 Å². The maximum absolute atomic E-state index is 11.7. The van der Waals surface area contributed by atoms with Gasteiger partial charge >= 0.3 is 0 Å². The smallest absolute Gasteiger partial charge is 0.251 e. The van der Waals surface area contributed by atoms with Crippen molar-refractivity contribution in [3.05, 3.63) is 27.9 Å². The SMILES string of the molecule is Cc1nc(C(N)C23CC4CC(CC(C4)C2)C3)cc(=O)[nH]1. The molecule has 1 aromatic rings. The van der Waals surface area contributed by atoms with Crippen LogP contribution in [0, 0.1) is 30.1 Å². The number of nitrogens with one attached hydrogen (secondary N) is 1. The van der Waals surface area contributed by atoms with E-state index in [0.29, 0.717) is 5.82 Å². The summed E-state index contributed by atoms with van der Waals surface area (Å²) in [5.74, 6) is 3.29. The molecule has 0 amide bonds. The molecule has 4 bridgehead atoms. The maximum Gasteiger partial charge on any atom is 0.251 e. The molecule has 4 aliphatic carbocycles. The summed E-state index contributed by atoms with van der Waals surface area (Å²) in [6, 6.07) is 1.54. The van der Waals surface area contributed by atoms with Crippen molar-refractivity contribution in [3.8, 4) is 0 Å². The largest absolute Gasteiger partial charge is 0.322 e. The van der Waals surface area contributed by atoms with Gasteiger partial charge in [-0.25, -0.2) is 4.98 Å². The highest BCUT2D eigenvalue weighted by atomic mass is 16.1. The second-order valence-electron chi connectivity index (χ2n) is 7.51. The van der Waals surface area contributed by atoms with Crippen LogP contribution in [0.3, 0.4) is 0 Å². The van der Waals surface area contributed by atoms with Gasteiger partial charge in [0.2, 0.25) is 0 Å². The van der Waals surface area contributed by atoms with E-state index >= 15 is 0 Å². The third-order valence-electron chi connectivity index (χ3n) is 5.94. The number of H-pyrrole nitrogens is 1. The first-order valence-electron chi connectivity index (χ1n) is 7.87. The van der Waals surface area contributed by atoms with Crippen molar-refractivity contribution in [1.29, 1.82) is 0 Å². The predicted molar refractivity (Wildman–Crippen MR) is 77.1 cm³/mol. The molecule has 1 atom stereocenters. The number of aryl methyl sites for hydroxylation is 1. The number of hydrogen-bond acceptors (Lipinski definition) is 3. The van der Waals surface area contributed by atoms with Gasteiger partial charge in [0.15, 0.2) is 0 Å². The predicted octanol–water partition coefficient (Wildman–Crippen LogP) is 2.29. The summed E-state index contributed by atoms with van der Waals surface area (Å²) in [4.78, 5) is 18.9. The van der Waals surface area contributed by atoms with Gasteiger partial charge in [-0.1, -0.05) is 0 Å². The van der Waals surface area contributed by atoms with Crippen LogP contribution in [0.2, 0.25) is 0 Å². The molecule has 1 heterocycles. The van der Waals surface area contributed by atoms with E-state index in [1.54, 1.807) is 6.07 Å². The lowest BCUT2D eigenvalue weighted by Gasteiger charge is -2.58. The highest BCUT2D eigenvalue weighted by Gasteiger charge is 2.53. The van der Waals surface area contributed by atoms with E-state index in [0.717, 1.165) is 23.4 Å². The van der Waals surface area contributed by atoms with E-state index in [-0.39, 0.29) is 17.0 Å². The van der Waals surface area contributed by atoms with Crippen molar-refractivity contribution in [2.75, 3.05) is 0 Å². The van der Waals surface area contributed by atoms with Crippen molar-refractivity contribution in [2.45, 2.75) is 51.5 Å². The lowest BCUT2D eigenvalue weighted by molar-refractivity contribution is -0.0684. The highest BCUT2D eigenvalue weighted by molar-refractivity contribution is 5.15. The topological polar surface area (TPSA) is 71.8 Å². The zero-order chi connectivity index (χ0) is 13.9. The normalized spacial score (nSPS) is 40.0. The molecule has 1 aromatic heterocycles. The van der Waals surface area contributed by atoms with Crippen molar-refractivity contribution in [1.82, 2.24) is 9.97 Å². The van der Waals surface area contributed by atoms with Gasteiger partial charge in [-0.15, -0.1) is 0 Å². The third-order valence-corrected chi connectivity index (χ3v) is 5.94. The van der Waals surface area contributed by atoms with E-state index in [4.69, 9.17) is 5.73 Å². The highest BCUT2D eigenvalue weighted by Crippen LogP contribution is 2.63. The van der Waals surface area contributed by atoms with Crippen LogP contribution in [0.15, 0.2) is 10.9 Å². The summed E-state index contributed by atoms with van der Waals surface area (Å²) in [5, 5.41) is 0. The van der Waals surface area contributed by atoms with Crippen molar-refractivity contribution in [3.63, 3.8) is 0 Å². The van der Waals surface area contributed by atoms with Gasteiger partial charge in [0.05, 0.1) is 11.7 Å². The third kappa shape index (κ3) is 1.85. The Morgan fingerprint density at radius 1 is 1.25 bits per heavy atom. The molecule has 4 nitrogen and oxygen atoms in total. The van der Waals surface area contributed by atoms with Crippen LogP contribution in [0.25, 0.3) is 0 Å². The van der Waals surface area contributed by atoms with E-state index in [1.165, 1.54) is 38.5 Å². The first-order chi connectivity index (χ1) is 9.54. The molecule has 5 rings (SSSR count). The van der Waals surface area contributed by atoms with E-state index in [9.17, 15) is 4.79 Å². The quantitative estimate of drug-likeness (QED) is 0.868. The second-order valence-corrected chi connectivity index (χ2v) is 7.51. The number of nitrogens with zero attached hydrogens (tertiary/aromatic N) is 1. The Morgan fingerprint density at radius 3 is 2.30 bits per heavy atom. The zero-order valence-electron chi connectivity index (χ0n) is 12.1. The number of hydrogen-bond donors (Lipinski definition) is 2. The first kappa shape index (κ1) is 12.6. The fourth-order valence-electron chi connectivity index (χ4n) is 5.63. The summed E-state index contributed by atoms with van der Waals surface area (Å²) in [6.07, 6.45) is 7.96. The Kier molecular flexibility index (Phi) is 2.62. The summed E-state index contributed by atoms with van der Waals surface area (Å²) in [6.45, 7) is 1.83. The van der Waals surface area contributed by atoms with Gasteiger partial charge in [0.25, 0.3) is 5.56 Å². The molecule has 0 aliphatic heterocycles. The standard InChI is InChI=1S/C16H23N3O/c1-9-18-13(5-14(20)19-9)15(17)16-6-10-2-11(7-16)4-12(3-10)8-16/h5,10-12,15H,2-4,6-8,17H2,1H3,(H,18,19,20). The molecule has 4 saturated carbocycles. The molecule has 20 heavy (non-hydrogen) atoms. The van der Waals surface area contributed by atoms with Crippen LogP contribution in [0.4, 0.5) is 0 Å². The lowest BCUT2D eigenvalue weighted by Crippen LogP contribution is -2.51. The molecule has 0 saturated heterocycles. The van der Waals surface area contributed by atoms with Crippen LogP contribution in [0.5, 0.6) is 0 Å². The Balaban J connectivity index is 1.71. The molecule has 3 N–H and O–H groups in total. The van der Waals surface area contributed by atoms with Crippen molar-refractivity contribution in [2.24, 2.45) is 28.9 Å². The summed E-state index contributed by atoms with van der Waals surface area (Å²) in [5.41, 5.74) is 7.55. The lowest BCUT2D eigenvalue weighted by atomic mass is 9.47. The average molecular weight is 273 g/mol. The van der Waals surface area contributed by atoms with E-state index in [2.05, 4.69) is 9.97 Å². The average Bonchev–Trinajstić information content (AvgIpc) is 2.35. The minimum atomic E-state index is -0.0762. The van der Waals surface area contributed by atoms with Crippen LogP contribution >= 0.6 is 0 Å². The van der Waals surface area contributed by atoms with Crippen molar-refractivity contribution >= 4 is 0 Å². The Labute approximate surface area is 119 Å². The van der Waals surface area contributed by atoms with Gasteiger partial charge in [-0.3, -0.25) is 4.79 Å². The summed E-state index contributed by atoms with van der Waals surface area (Å²) >= 11 is 0. The van der Waals surface area contributed by atoms with E-state index < -0.39 is 0 Å². The van der Waals surface area contributed by atoms with Gasteiger partial charge in [-0.05, 0) is 68.6 Å². The molecule has 0 radical (unpaired) electrons. The van der Waals surface area contributed by atoms with Crippen LogP contribution in [0.1, 0.15) is 56.1 Å². The number of aromatic amines is 1. The number of nitrogens with two attached hydrogens (primary N) is 1. The number of aromatic nitrogens is 2. The Hall–Kier alpha value is -1.16.